The number of carbonyl (C=O) groups excluding carboxylic acids is 2. The van der Waals surface area contributed by atoms with Crippen LogP contribution in [0.15, 0.2) is 0 Å². The van der Waals surface area contributed by atoms with Gasteiger partial charge in [0.2, 0.25) is 5.91 Å². The topological polar surface area (TPSA) is 85.2 Å². The van der Waals surface area contributed by atoms with Crippen molar-refractivity contribution in [3.8, 4) is 6.07 Å². The Kier molecular flexibility index (Phi) is 5.57. The number of rotatable bonds is 7. The van der Waals surface area contributed by atoms with Crippen molar-refractivity contribution in [1.82, 2.24) is 15.5 Å². The zero-order valence-corrected chi connectivity index (χ0v) is 16.7. The maximum atomic E-state index is 14.4. The predicted octanol–water partition coefficient (Wildman–Crippen LogP) is 3.18. The third-order valence-electron chi connectivity index (χ3n) is 6.06. The first-order chi connectivity index (χ1) is 13.1. The van der Waals surface area contributed by atoms with E-state index in [-0.39, 0.29) is 17.8 Å². The third kappa shape index (κ3) is 5.12. The highest BCUT2D eigenvalue weighted by atomic mass is 19.3. The van der Waals surface area contributed by atoms with E-state index in [1.165, 1.54) is 0 Å². The van der Waals surface area contributed by atoms with E-state index in [0.29, 0.717) is 25.9 Å². The number of piperidine rings is 1. The molecule has 2 saturated carbocycles. The molecular formula is C20H30F2N4O2. The molecule has 1 spiro atoms. The zero-order chi connectivity index (χ0) is 20.6. The molecule has 1 saturated heterocycles. The Hall–Kier alpha value is -1.91. The van der Waals surface area contributed by atoms with Crippen molar-refractivity contribution in [2.24, 2.45) is 11.3 Å². The lowest BCUT2D eigenvalue weighted by atomic mass is 9.95. The van der Waals surface area contributed by atoms with Crippen LogP contribution in [-0.4, -0.2) is 47.4 Å². The standard InChI is InChI=1S/C20H30F2N4O2/c1-14(2)10-20(21,22)11-15(16(27)25-19(12-23)7-8-19)24-17(28)26-9-3-4-18(13-26)5-6-18/h14-15H,3-11,13H2,1-2H3,(H,24,28)(H,25,27). The molecule has 0 radical (unpaired) electrons. The molecule has 3 fully saturated rings. The average Bonchev–Trinajstić information content (AvgIpc) is 3.52. The molecule has 0 aromatic rings. The summed E-state index contributed by atoms with van der Waals surface area (Å²) in [6.45, 7) is 4.59. The number of halogens is 2. The Morgan fingerprint density at radius 1 is 1.18 bits per heavy atom. The van der Waals surface area contributed by atoms with Gasteiger partial charge in [0.1, 0.15) is 11.6 Å². The highest BCUT2D eigenvalue weighted by Crippen LogP contribution is 2.52. The van der Waals surface area contributed by atoms with E-state index >= 15 is 0 Å². The van der Waals surface area contributed by atoms with Gasteiger partial charge in [0, 0.05) is 25.9 Å². The van der Waals surface area contributed by atoms with Crippen molar-refractivity contribution in [2.45, 2.75) is 82.7 Å². The van der Waals surface area contributed by atoms with Crippen LogP contribution in [0.3, 0.4) is 0 Å². The van der Waals surface area contributed by atoms with Crippen molar-refractivity contribution in [3.63, 3.8) is 0 Å². The summed E-state index contributed by atoms with van der Waals surface area (Å²) in [6, 6.07) is 0.205. The van der Waals surface area contributed by atoms with Gasteiger partial charge in [-0.15, -0.1) is 0 Å². The molecular weight excluding hydrogens is 366 g/mol. The predicted molar refractivity (Wildman–Crippen MR) is 99.5 cm³/mol. The quantitative estimate of drug-likeness (QED) is 0.693. The van der Waals surface area contributed by atoms with Gasteiger partial charge in [-0.05, 0) is 49.9 Å². The van der Waals surface area contributed by atoms with Gasteiger partial charge in [-0.3, -0.25) is 4.79 Å². The molecule has 0 aromatic carbocycles. The fourth-order valence-corrected chi connectivity index (χ4v) is 4.11. The lowest BCUT2D eigenvalue weighted by Crippen LogP contribution is -2.56. The van der Waals surface area contributed by atoms with Crippen LogP contribution in [0.25, 0.3) is 0 Å². The lowest BCUT2D eigenvalue weighted by Gasteiger charge is -2.34. The molecule has 0 aromatic heterocycles. The summed E-state index contributed by atoms with van der Waals surface area (Å²) >= 11 is 0. The minimum atomic E-state index is -3.08. The monoisotopic (exact) mass is 396 g/mol. The molecule has 1 heterocycles. The summed E-state index contributed by atoms with van der Waals surface area (Å²) in [5.74, 6) is -4.01. The van der Waals surface area contributed by atoms with Crippen LogP contribution in [0.1, 0.15) is 65.2 Å². The maximum absolute atomic E-state index is 14.4. The van der Waals surface area contributed by atoms with Crippen LogP contribution in [-0.2, 0) is 4.79 Å². The van der Waals surface area contributed by atoms with Crippen molar-refractivity contribution in [1.29, 1.82) is 5.26 Å². The first-order valence-electron chi connectivity index (χ1n) is 10.2. The molecule has 0 bridgehead atoms. The molecule has 1 unspecified atom stereocenters. The summed E-state index contributed by atoms with van der Waals surface area (Å²) in [4.78, 5) is 27.0. The minimum absolute atomic E-state index is 0.202. The average molecular weight is 396 g/mol. The first-order valence-corrected chi connectivity index (χ1v) is 10.2. The highest BCUT2D eigenvalue weighted by Gasteiger charge is 2.49. The second kappa shape index (κ2) is 7.49. The number of hydrogen-bond donors (Lipinski definition) is 2. The van der Waals surface area contributed by atoms with E-state index in [1.54, 1.807) is 18.7 Å². The van der Waals surface area contributed by atoms with Crippen LogP contribution in [0.2, 0.25) is 0 Å². The maximum Gasteiger partial charge on any atom is 0.318 e. The number of urea groups is 1. The number of nitrogens with zero attached hydrogens (tertiary/aromatic N) is 2. The summed E-state index contributed by atoms with van der Waals surface area (Å²) in [7, 11) is 0. The number of likely N-dealkylation sites (tertiary alicyclic amines) is 1. The van der Waals surface area contributed by atoms with Gasteiger partial charge in [0.15, 0.2) is 0 Å². The molecule has 6 nitrogen and oxygen atoms in total. The molecule has 1 atom stereocenters. The van der Waals surface area contributed by atoms with Crippen LogP contribution in [0.4, 0.5) is 13.6 Å². The lowest BCUT2D eigenvalue weighted by molar-refractivity contribution is -0.127. The summed E-state index contributed by atoms with van der Waals surface area (Å²) in [5.41, 5.74) is -0.760. The second-order valence-electron chi connectivity index (χ2n) is 9.37. The van der Waals surface area contributed by atoms with E-state index in [9.17, 15) is 23.6 Å². The number of alkyl halides is 2. The van der Waals surface area contributed by atoms with Crippen molar-refractivity contribution in [2.75, 3.05) is 13.1 Å². The number of carbonyl (C=O) groups is 2. The molecule has 1 aliphatic heterocycles. The third-order valence-corrected chi connectivity index (χ3v) is 6.06. The summed E-state index contributed by atoms with van der Waals surface area (Å²) in [5, 5.41) is 14.3. The van der Waals surface area contributed by atoms with Gasteiger partial charge in [-0.1, -0.05) is 13.8 Å². The van der Waals surface area contributed by atoms with Gasteiger partial charge in [0.05, 0.1) is 6.07 Å². The molecule has 8 heteroatoms. The van der Waals surface area contributed by atoms with Crippen LogP contribution in [0, 0.1) is 22.7 Å². The minimum Gasteiger partial charge on any atom is -0.336 e. The smallest absolute Gasteiger partial charge is 0.318 e. The van der Waals surface area contributed by atoms with Gasteiger partial charge < -0.3 is 15.5 Å². The molecule has 3 amide bonds. The van der Waals surface area contributed by atoms with Crippen molar-refractivity contribution < 1.29 is 18.4 Å². The highest BCUT2D eigenvalue weighted by molar-refractivity contribution is 5.88. The van der Waals surface area contributed by atoms with Gasteiger partial charge in [-0.25, -0.2) is 13.6 Å². The van der Waals surface area contributed by atoms with E-state index < -0.39 is 35.9 Å². The fourth-order valence-electron chi connectivity index (χ4n) is 4.11. The van der Waals surface area contributed by atoms with Crippen molar-refractivity contribution >= 4 is 11.9 Å². The number of nitriles is 1. The Balaban J connectivity index is 1.67. The van der Waals surface area contributed by atoms with Crippen molar-refractivity contribution in [3.05, 3.63) is 0 Å². The summed E-state index contributed by atoms with van der Waals surface area (Å²) < 4.78 is 28.9. The Labute approximate surface area is 165 Å². The Morgan fingerprint density at radius 2 is 1.86 bits per heavy atom. The molecule has 28 heavy (non-hydrogen) atoms. The van der Waals surface area contributed by atoms with E-state index in [4.69, 9.17) is 0 Å². The van der Waals surface area contributed by atoms with Crippen LogP contribution >= 0.6 is 0 Å². The number of hydrogen-bond acceptors (Lipinski definition) is 3. The van der Waals surface area contributed by atoms with E-state index in [0.717, 1.165) is 25.7 Å². The SMILES string of the molecule is CC(C)CC(F)(F)CC(NC(=O)N1CCCC2(CC2)C1)C(=O)NC1(C#N)CC1. The van der Waals surface area contributed by atoms with Crippen LogP contribution in [0.5, 0.6) is 0 Å². The first kappa shape index (κ1) is 20.8. The molecule has 2 aliphatic carbocycles. The molecule has 3 aliphatic rings. The second-order valence-corrected chi connectivity index (χ2v) is 9.37. The normalized spacial score (nSPS) is 23.1. The Bertz CT molecular complexity index is 666. The number of nitrogens with one attached hydrogen (secondary N) is 2. The van der Waals surface area contributed by atoms with Gasteiger partial charge in [0.25, 0.3) is 5.92 Å². The molecule has 2 N–H and O–H groups in total. The van der Waals surface area contributed by atoms with Gasteiger partial charge in [-0.2, -0.15) is 5.26 Å². The zero-order valence-electron chi connectivity index (χ0n) is 16.7. The van der Waals surface area contributed by atoms with E-state index in [2.05, 4.69) is 10.6 Å². The fraction of sp³-hybridized carbons (Fsp3) is 0.850. The number of amides is 3. The van der Waals surface area contributed by atoms with Crippen LogP contribution < -0.4 is 10.6 Å². The molecule has 156 valence electrons. The van der Waals surface area contributed by atoms with E-state index in [1.807, 2.05) is 6.07 Å². The molecule has 3 rings (SSSR count). The largest absolute Gasteiger partial charge is 0.336 e. The summed E-state index contributed by atoms with van der Waals surface area (Å²) in [6.07, 6.45) is 4.07. The van der Waals surface area contributed by atoms with Gasteiger partial charge >= 0.3 is 6.03 Å². The Morgan fingerprint density at radius 3 is 2.39 bits per heavy atom.